The number of nitrogens with zero attached hydrogens (tertiary/aromatic N) is 3. The normalized spacial score (nSPS) is 16.5. The van der Waals surface area contributed by atoms with E-state index in [-0.39, 0.29) is 11.8 Å². The fraction of sp³-hybridized carbons (Fsp3) is 0.615. The molecule has 1 amide bonds. The van der Waals surface area contributed by atoms with Gasteiger partial charge in [-0.3, -0.25) is 4.79 Å². The number of amides is 1. The number of rotatable bonds is 2. The van der Waals surface area contributed by atoms with Gasteiger partial charge in [0.15, 0.2) is 5.69 Å². The quantitative estimate of drug-likeness (QED) is 0.834. The van der Waals surface area contributed by atoms with Crippen molar-refractivity contribution in [3.63, 3.8) is 0 Å². The van der Waals surface area contributed by atoms with Gasteiger partial charge in [0.2, 0.25) is 0 Å². The predicted molar refractivity (Wildman–Crippen MR) is 72.5 cm³/mol. The molecule has 1 saturated heterocycles. The van der Waals surface area contributed by atoms with Crippen LogP contribution in [0.15, 0.2) is 6.20 Å². The van der Waals surface area contributed by atoms with E-state index in [0.29, 0.717) is 42.8 Å². The van der Waals surface area contributed by atoms with Crippen molar-refractivity contribution in [2.75, 3.05) is 26.3 Å². The van der Waals surface area contributed by atoms with Crippen LogP contribution in [0.5, 0.6) is 0 Å². The third-order valence-corrected chi connectivity index (χ3v) is 3.27. The summed E-state index contributed by atoms with van der Waals surface area (Å²) in [5.41, 5.74) is 0.294. The summed E-state index contributed by atoms with van der Waals surface area (Å²) in [5, 5.41) is 0.305. The van der Waals surface area contributed by atoms with Crippen molar-refractivity contribution in [1.29, 1.82) is 0 Å². The van der Waals surface area contributed by atoms with E-state index < -0.39 is 0 Å². The molecule has 0 saturated carbocycles. The lowest BCUT2D eigenvalue weighted by molar-refractivity contribution is 0.0735. The second-order valence-corrected chi connectivity index (χ2v) is 5.24. The predicted octanol–water partition coefficient (Wildman–Crippen LogP) is 2.12. The average Bonchev–Trinajstić information content (AvgIpc) is 2.67. The summed E-state index contributed by atoms with van der Waals surface area (Å²) in [6.07, 6.45) is 2.34. The summed E-state index contributed by atoms with van der Waals surface area (Å²) < 4.78 is 5.34. The van der Waals surface area contributed by atoms with Crippen molar-refractivity contribution in [2.24, 2.45) is 0 Å². The molecule has 0 N–H and O–H groups in total. The summed E-state index contributed by atoms with van der Waals surface area (Å²) in [6.45, 7) is 6.48. The Morgan fingerprint density at radius 1 is 1.42 bits per heavy atom. The van der Waals surface area contributed by atoms with Crippen molar-refractivity contribution < 1.29 is 9.53 Å². The first-order chi connectivity index (χ1) is 9.09. The highest BCUT2D eigenvalue weighted by atomic mass is 35.5. The molecule has 0 bridgehead atoms. The van der Waals surface area contributed by atoms with Crippen molar-refractivity contribution in [2.45, 2.75) is 26.2 Å². The Labute approximate surface area is 117 Å². The number of carbonyl (C=O) groups excluding carboxylic acids is 1. The number of hydrogen-bond donors (Lipinski definition) is 0. The molecule has 2 rings (SSSR count). The Bertz CT molecular complexity index is 457. The molecule has 0 atom stereocenters. The molecular formula is C13H18ClN3O2. The zero-order chi connectivity index (χ0) is 13.8. The van der Waals surface area contributed by atoms with Gasteiger partial charge in [-0.1, -0.05) is 25.4 Å². The number of hydrogen-bond acceptors (Lipinski definition) is 4. The minimum absolute atomic E-state index is 0.139. The highest BCUT2D eigenvalue weighted by Crippen LogP contribution is 2.18. The Balaban J connectivity index is 2.24. The molecule has 5 nitrogen and oxygen atoms in total. The van der Waals surface area contributed by atoms with Crippen LogP contribution in [0.3, 0.4) is 0 Å². The van der Waals surface area contributed by atoms with Crippen LogP contribution in [0.1, 0.15) is 42.5 Å². The summed E-state index contributed by atoms with van der Waals surface area (Å²) in [7, 11) is 0. The average molecular weight is 284 g/mol. The van der Waals surface area contributed by atoms with Gasteiger partial charge in [0.1, 0.15) is 5.82 Å². The lowest BCUT2D eigenvalue weighted by Gasteiger charge is -2.20. The van der Waals surface area contributed by atoms with E-state index in [0.717, 1.165) is 6.42 Å². The van der Waals surface area contributed by atoms with Gasteiger partial charge in [0.05, 0.1) is 17.8 Å². The van der Waals surface area contributed by atoms with Crippen LogP contribution in [-0.2, 0) is 4.74 Å². The van der Waals surface area contributed by atoms with E-state index in [1.54, 1.807) is 4.90 Å². The minimum atomic E-state index is -0.139. The first-order valence-corrected chi connectivity index (χ1v) is 6.87. The van der Waals surface area contributed by atoms with Gasteiger partial charge >= 0.3 is 0 Å². The molecule has 2 heterocycles. The van der Waals surface area contributed by atoms with Crippen LogP contribution in [0, 0.1) is 0 Å². The van der Waals surface area contributed by atoms with E-state index in [2.05, 4.69) is 9.97 Å². The molecule has 1 aromatic rings. The molecule has 1 aromatic heterocycles. The van der Waals surface area contributed by atoms with Gasteiger partial charge < -0.3 is 9.64 Å². The topological polar surface area (TPSA) is 55.3 Å². The fourth-order valence-electron chi connectivity index (χ4n) is 1.91. The first kappa shape index (κ1) is 14.2. The summed E-state index contributed by atoms with van der Waals surface area (Å²) in [4.78, 5) is 22.6. The van der Waals surface area contributed by atoms with Gasteiger partial charge in [0.25, 0.3) is 5.91 Å². The highest BCUT2D eigenvalue weighted by molar-refractivity contribution is 6.33. The van der Waals surface area contributed by atoms with Gasteiger partial charge in [-0.2, -0.15) is 0 Å². The SMILES string of the molecule is CC(C)c1ncc(Cl)c(C(=O)N2CCCOCC2)n1. The minimum Gasteiger partial charge on any atom is -0.380 e. The van der Waals surface area contributed by atoms with Gasteiger partial charge in [-0.25, -0.2) is 9.97 Å². The van der Waals surface area contributed by atoms with Crippen molar-refractivity contribution in [3.8, 4) is 0 Å². The van der Waals surface area contributed by atoms with Crippen LogP contribution in [0.4, 0.5) is 0 Å². The summed E-state index contributed by atoms with van der Waals surface area (Å²) in [5.74, 6) is 0.662. The maximum Gasteiger partial charge on any atom is 0.274 e. The smallest absolute Gasteiger partial charge is 0.274 e. The van der Waals surface area contributed by atoms with Crippen LogP contribution >= 0.6 is 11.6 Å². The Hall–Kier alpha value is -1.20. The maximum absolute atomic E-state index is 12.4. The third kappa shape index (κ3) is 3.42. The van der Waals surface area contributed by atoms with Gasteiger partial charge in [-0.05, 0) is 6.42 Å². The van der Waals surface area contributed by atoms with E-state index in [9.17, 15) is 4.79 Å². The zero-order valence-electron chi connectivity index (χ0n) is 11.2. The first-order valence-electron chi connectivity index (χ1n) is 6.49. The number of carbonyl (C=O) groups is 1. The molecule has 0 unspecified atom stereocenters. The second kappa shape index (κ2) is 6.30. The molecule has 1 fully saturated rings. The maximum atomic E-state index is 12.4. The molecule has 6 heteroatoms. The van der Waals surface area contributed by atoms with Gasteiger partial charge in [0, 0.05) is 25.6 Å². The van der Waals surface area contributed by atoms with Crippen molar-refractivity contribution >= 4 is 17.5 Å². The number of ether oxygens (including phenoxy) is 1. The monoisotopic (exact) mass is 283 g/mol. The van der Waals surface area contributed by atoms with E-state index in [1.165, 1.54) is 6.20 Å². The second-order valence-electron chi connectivity index (χ2n) is 4.84. The van der Waals surface area contributed by atoms with E-state index in [1.807, 2.05) is 13.8 Å². The summed E-state index contributed by atoms with van der Waals surface area (Å²) in [6, 6.07) is 0. The standard InChI is InChI=1S/C13H18ClN3O2/c1-9(2)12-15-8-10(14)11(16-12)13(18)17-4-3-6-19-7-5-17/h8-9H,3-7H2,1-2H3. The molecule has 0 spiro atoms. The van der Waals surface area contributed by atoms with Crippen LogP contribution < -0.4 is 0 Å². The van der Waals surface area contributed by atoms with E-state index >= 15 is 0 Å². The summed E-state index contributed by atoms with van der Waals surface area (Å²) >= 11 is 6.05. The largest absolute Gasteiger partial charge is 0.380 e. The molecule has 19 heavy (non-hydrogen) atoms. The highest BCUT2D eigenvalue weighted by Gasteiger charge is 2.22. The molecule has 1 aliphatic heterocycles. The lowest BCUT2D eigenvalue weighted by atomic mass is 10.2. The Kier molecular flexibility index (Phi) is 4.71. The zero-order valence-corrected chi connectivity index (χ0v) is 12.0. The fourth-order valence-corrected chi connectivity index (χ4v) is 2.08. The van der Waals surface area contributed by atoms with Crippen molar-refractivity contribution in [1.82, 2.24) is 14.9 Å². The molecular weight excluding hydrogens is 266 g/mol. The number of halogens is 1. The number of aromatic nitrogens is 2. The molecule has 0 aromatic carbocycles. The Morgan fingerprint density at radius 3 is 2.95 bits per heavy atom. The van der Waals surface area contributed by atoms with Crippen LogP contribution in [0.2, 0.25) is 5.02 Å². The van der Waals surface area contributed by atoms with Gasteiger partial charge in [-0.15, -0.1) is 0 Å². The molecule has 0 aliphatic carbocycles. The van der Waals surface area contributed by atoms with Crippen LogP contribution in [-0.4, -0.2) is 47.1 Å². The lowest BCUT2D eigenvalue weighted by Crippen LogP contribution is -2.34. The van der Waals surface area contributed by atoms with Crippen LogP contribution in [0.25, 0.3) is 0 Å². The molecule has 0 radical (unpaired) electrons. The molecule has 104 valence electrons. The van der Waals surface area contributed by atoms with Crippen molar-refractivity contribution in [3.05, 3.63) is 22.7 Å². The molecule has 1 aliphatic rings. The Morgan fingerprint density at radius 2 is 2.21 bits per heavy atom. The van der Waals surface area contributed by atoms with E-state index in [4.69, 9.17) is 16.3 Å². The third-order valence-electron chi connectivity index (χ3n) is 2.99.